The Balaban J connectivity index is 1.69. The highest BCUT2D eigenvalue weighted by atomic mass is 32.2. The number of carbonyl (C=O) groups excluding carboxylic acids is 1. The Morgan fingerprint density at radius 3 is 2.58 bits per heavy atom. The van der Waals surface area contributed by atoms with Crippen molar-refractivity contribution in [3.05, 3.63) is 83.7 Å². The Hall–Kier alpha value is -2.53. The molecule has 0 bridgehead atoms. The number of amides is 1. The number of thioether (sulfide) groups is 1. The molecule has 0 saturated heterocycles. The summed E-state index contributed by atoms with van der Waals surface area (Å²) < 4.78 is 2.00. The molecule has 4 nitrogen and oxygen atoms in total. The fraction of sp³-hybridized carbons (Fsp3) is 0.238. The van der Waals surface area contributed by atoms with Gasteiger partial charge < -0.3 is 9.47 Å². The topological polar surface area (TPSA) is 38.1 Å². The summed E-state index contributed by atoms with van der Waals surface area (Å²) in [5.74, 6) is 0.858. The molecule has 0 N–H and O–H groups in total. The van der Waals surface area contributed by atoms with Gasteiger partial charge in [0, 0.05) is 43.8 Å². The lowest BCUT2D eigenvalue weighted by Crippen LogP contribution is -2.30. The van der Waals surface area contributed by atoms with Crippen LogP contribution in [0.5, 0.6) is 0 Å². The van der Waals surface area contributed by atoms with E-state index in [2.05, 4.69) is 23.2 Å². The van der Waals surface area contributed by atoms with Gasteiger partial charge in [0.1, 0.15) is 0 Å². The Bertz CT molecular complexity index is 860. The molecule has 26 heavy (non-hydrogen) atoms. The average molecular weight is 366 g/mol. The fourth-order valence-electron chi connectivity index (χ4n) is 2.75. The number of nitrogens with zero attached hydrogens (tertiary/aromatic N) is 3. The quantitative estimate of drug-likeness (QED) is 0.583. The molecule has 0 radical (unpaired) electrons. The largest absolute Gasteiger partial charge is 0.335 e. The number of carbonyl (C=O) groups is 1. The van der Waals surface area contributed by atoms with Crippen LogP contribution in [0.25, 0.3) is 0 Å². The van der Waals surface area contributed by atoms with Crippen LogP contribution in [0.2, 0.25) is 0 Å². The van der Waals surface area contributed by atoms with Crippen LogP contribution in [0.1, 0.15) is 28.4 Å². The first-order chi connectivity index (χ1) is 12.7. The molecule has 0 aliphatic heterocycles. The molecule has 5 heteroatoms. The highest BCUT2D eigenvalue weighted by Crippen LogP contribution is 2.21. The maximum absolute atomic E-state index is 12.9. The van der Waals surface area contributed by atoms with Crippen molar-refractivity contribution in [2.45, 2.75) is 24.4 Å². The van der Waals surface area contributed by atoms with Gasteiger partial charge in [0.05, 0.1) is 0 Å². The monoisotopic (exact) mass is 365 g/mol. The summed E-state index contributed by atoms with van der Waals surface area (Å²) in [4.78, 5) is 19.1. The van der Waals surface area contributed by atoms with E-state index in [0.717, 1.165) is 27.6 Å². The fourth-order valence-corrected chi connectivity index (χ4v) is 3.62. The van der Waals surface area contributed by atoms with Gasteiger partial charge in [-0.15, -0.1) is 0 Å². The molecule has 3 rings (SSSR count). The predicted molar refractivity (Wildman–Crippen MR) is 106 cm³/mol. The van der Waals surface area contributed by atoms with Crippen molar-refractivity contribution in [1.82, 2.24) is 14.5 Å². The molecular weight excluding hydrogens is 342 g/mol. The van der Waals surface area contributed by atoms with Crippen molar-refractivity contribution in [3.8, 4) is 0 Å². The van der Waals surface area contributed by atoms with Gasteiger partial charge in [-0.25, -0.2) is 4.98 Å². The van der Waals surface area contributed by atoms with E-state index in [9.17, 15) is 4.79 Å². The van der Waals surface area contributed by atoms with Crippen LogP contribution in [0.3, 0.4) is 0 Å². The minimum atomic E-state index is 0.0696. The lowest BCUT2D eigenvalue weighted by molar-refractivity contribution is 0.0752. The normalized spacial score (nSPS) is 10.7. The van der Waals surface area contributed by atoms with Crippen LogP contribution in [-0.2, 0) is 19.3 Å². The summed E-state index contributed by atoms with van der Waals surface area (Å²) in [7, 11) is 1.98. The van der Waals surface area contributed by atoms with Gasteiger partial charge in [-0.05, 0) is 30.2 Å². The lowest BCUT2D eigenvalue weighted by atomic mass is 10.1. The molecule has 3 aromatic rings. The minimum Gasteiger partial charge on any atom is -0.335 e. The molecule has 0 unspecified atom stereocenters. The number of aryl methyl sites for hydroxylation is 1. The molecule has 1 heterocycles. The number of hydrogen-bond acceptors (Lipinski definition) is 3. The zero-order valence-corrected chi connectivity index (χ0v) is 15.9. The van der Waals surface area contributed by atoms with Crippen LogP contribution in [0.15, 0.2) is 72.1 Å². The van der Waals surface area contributed by atoms with Crippen molar-refractivity contribution in [2.24, 2.45) is 7.05 Å². The number of imidazole rings is 1. The minimum absolute atomic E-state index is 0.0696. The SMILES string of the molecule is CCN(Cc1ccccc1)C(=O)c1cccc(CSc2nccn2C)c1. The zero-order valence-electron chi connectivity index (χ0n) is 15.1. The Morgan fingerprint density at radius 1 is 1.12 bits per heavy atom. The molecule has 1 amide bonds. The first-order valence-electron chi connectivity index (χ1n) is 8.69. The summed E-state index contributed by atoms with van der Waals surface area (Å²) >= 11 is 1.67. The molecule has 134 valence electrons. The van der Waals surface area contributed by atoms with E-state index in [-0.39, 0.29) is 5.91 Å². The second-order valence-corrected chi connectivity index (χ2v) is 7.06. The number of hydrogen-bond donors (Lipinski definition) is 0. The standard InChI is InChI=1S/C21H23N3OS/c1-3-24(15-17-8-5-4-6-9-17)20(25)19-11-7-10-18(14-19)16-26-21-22-12-13-23(21)2/h4-14H,3,15-16H2,1-2H3. The lowest BCUT2D eigenvalue weighted by Gasteiger charge is -2.21. The zero-order chi connectivity index (χ0) is 18.4. The molecule has 0 fully saturated rings. The Labute approximate surface area is 158 Å². The third kappa shape index (κ3) is 4.55. The highest BCUT2D eigenvalue weighted by Gasteiger charge is 2.15. The van der Waals surface area contributed by atoms with Crippen LogP contribution < -0.4 is 0 Å². The summed E-state index contributed by atoms with van der Waals surface area (Å²) in [5, 5.41) is 0.973. The second-order valence-electron chi connectivity index (χ2n) is 6.11. The smallest absolute Gasteiger partial charge is 0.254 e. The number of aromatic nitrogens is 2. The first-order valence-corrected chi connectivity index (χ1v) is 9.68. The Kier molecular flexibility index (Phi) is 6.12. The van der Waals surface area contributed by atoms with Crippen molar-refractivity contribution in [2.75, 3.05) is 6.54 Å². The third-order valence-electron chi connectivity index (χ3n) is 4.20. The van der Waals surface area contributed by atoms with Crippen molar-refractivity contribution in [3.63, 3.8) is 0 Å². The van der Waals surface area contributed by atoms with Gasteiger partial charge >= 0.3 is 0 Å². The van der Waals surface area contributed by atoms with Gasteiger partial charge in [-0.1, -0.05) is 54.2 Å². The van der Waals surface area contributed by atoms with Gasteiger partial charge in [0.2, 0.25) is 0 Å². The van der Waals surface area contributed by atoms with Crippen LogP contribution in [-0.4, -0.2) is 26.9 Å². The summed E-state index contributed by atoms with van der Waals surface area (Å²) in [6.07, 6.45) is 3.73. The summed E-state index contributed by atoms with van der Waals surface area (Å²) in [6.45, 7) is 3.32. The molecule has 0 saturated carbocycles. The second kappa shape index (κ2) is 8.72. The van der Waals surface area contributed by atoms with Gasteiger partial charge in [0.15, 0.2) is 5.16 Å². The molecule has 0 aliphatic rings. The molecule has 0 atom stereocenters. The first kappa shape index (κ1) is 18.3. The number of benzene rings is 2. The van der Waals surface area contributed by atoms with Crippen LogP contribution >= 0.6 is 11.8 Å². The van der Waals surface area contributed by atoms with Gasteiger partial charge in [0.25, 0.3) is 5.91 Å². The van der Waals surface area contributed by atoms with E-state index in [0.29, 0.717) is 13.1 Å². The Morgan fingerprint density at radius 2 is 1.88 bits per heavy atom. The van der Waals surface area contributed by atoms with Crippen molar-refractivity contribution in [1.29, 1.82) is 0 Å². The maximum Gasteiger partial charge on any atom is 0.254 e. The highest BCUT2D eigenvalue weighted by molar-refractivity contribution is 7.98. The van der Waals surface area contributed by atoms with E-state index in [1.54, 1.807) is 18.0 Å². The van der Waals surface area contributed by atoms with Crippen molar-refractivity contribution < 1.29 is 4.79 Å². The molecule has 1 aromatic heterocycles. The van der Waals surface area contributed by atoms with Gasteiger partial charge in [-0.3, -0.25) is 4.79 Å². The van der Waals surface area contributed by atoms with E-state index < -0.39 is 0 Å². The third-order valence-corrected chi connectivity index (χ3v) is 5.33. The van der Waals surface area contributed by atoms with Crippen LogP contribution in [0, 0.1) is 0 Å². The number of rotatable bonds is 7. The molecule has 2 aromatic carbocycles. The predicted octanol–water partition coefficient (Wildman–Crippen LogP) is 4.37. The van der Waals surface area contributed by atoms with E-state index in [1.165, 1.54) is 0 Å². The maximum atomic E-state index is 12.9. The summed E-state index contributed by atoms with van der Waals surface area (Å²) in [5.41, 5.74) is 3.00. The average Bonchev–Trinajstić information content (AvgIpc) is 3.10. The van der Waals surface area contributed by atoms with E-state index >= 15 is 0 Å². The van der Waals surface area contributed by atoms with Gasteiger partial charge in [-0.2, -0.15) is 0 Å². The summed E-state index contributed by atoms with van der Waals surface area (Å²) in [6, 6.07) is 18.0. The van der Waals surface area contributed by atoms with E-state index in [1.807, 2.05) is 66.0 Å². The van der Waals surface area contributed by atoms with E-state index in [4.69, 9.17) is 0 Å². The molecule has 0 aliphatic carbocycles. The molecular formula is C21H23N3OS. The van der Waals surface area contributed by atoms with Crippen LogP contribution in [0.4, 0.5) is 0 Å². The molecule has 0 spiro atoms. The van der Waals surface area contributed by atoms with Crippen molar-refractivity contribution >= 4 is 17.7 Å².